The van der Waals surface area contributed by atoms with Gasteiger partial charge in [-0.3, -0.25) is 0 Å². The Bertz CT molecular complexity index is 911. The van der Waals surface area contributed by atoms with Gasteiger partial charge in [-0.2, -0.15) is 0 Å². The highest BCUT2D eigenvalue weighted by atomic mass is 19.1. The van der Waals surface area contributed by atoms with Crippen molar-refractivity contribution >= 4 is 17.2 Å². The van der Waals surface area contributed by atoms with Crippen molar-refractivity contribution in [2.45, 2.75) is 26.4 Å². The minimum absolute atomic E-state index is 0.0324. The van der Waals surface area contributed by atoms with E-state index >= 15 is 0 Å². The normalized spacial score (nSPS) is 11.7. The van der Waals surface area contributed by atoms with Gasteiger partial charge in [0.1, 0.15) is 22.9 Å². The Balaban J connectivity index is 2.22. The number of hydrogen-bond acceptors (Lipinski definition) is 4. The number of hydrogen-bond donors (Lipinski definition) is 1. The highest BCUT2D eigenvalue weighted by Gasteiger charge is 2.18. The molecule has 0 unspecified atom stereocenters. The maximum atomic E-state index is 13.2. The third-order valence-electron chi connectivity index (χ3n) is 3.84. The molecule has 0 atom stereocenters. The van der Waals surface area contributed by atoms with Crippen molar-refractivity contribution < 1.29 is 18.8 Å². The Morgan fingerprint density at radius 2 is 2.00 bits per heavy atom. The summed E-state index contributed by atoms with van der Waals surface area (Å²) in [7, 11) is 0. The maximum absolute atomic E-state index is 13.2. The number of halogens is 1. The first-order valence-electron chi connectivity index (χ1n) is 8.02. The number of nitrogens with zero attached hydrogens (tertiary/aromatic N) is 1. The summed E-state index contributed by atoms with van der Waals surface area (Å²) in [4.78, 5) is 0. The van der Waals surface area contributed by atoms with Crippen molar-refractivity contribution in [3.63, 3.8) is 0 Å². The van der Waals surface area contributed by atoms with Gasteiger partial charge in [-0.1, -0.05) is 5.16 Å². The van der Waals surface area contributed by atoms with Crippen LogP contribution in [0.1, 0.15) is 25.0 Å². The Kier molecular flexibility index (Phi) is 4.74. The summed E-state index contributed by atoms with van der Waals surface area (Å²) < 4.78 is 25.0. The Morgan fingerprint density at radius 1 is 1.28 bits per heavy atom. The quantitative estimate of drug-likeness (QED) is 0.394. The van der Waals surface area contributed by atoms with E-state index in [1.165, 1.54) is 18.3 Å². The predicted molar refractivity (Wildman–Crippen MR) is 95.8 cm³/mol. The lowest BCUT2D eigenvalue weighted by Gasteiger charge is -2.12. The molecule has 0 aliphatic carbocycles. The lowest BCUT2D eigenvalue weighted by atomic mass is 10.0. The first kappa shape index (κ1) is 17.0. The fourth-order valence-electron chi connectivity index (χ4n) is 2.79. The first-order valence-corrected chi connectivity index (χ1v) is 8.02. The lowest BCUT2D eigenvalue weighted by Crippen LogP contribution is -2.07. The van der Waals surface area contributed by atoms with E-state index in [1.807, 2.05) is 19.9 Å². The van der Waals surface area contributed by atoms with Crippen LogP contribution in [-0.4, -0.2) is 17.5 Å². The summed E-state index contributed by atoms with van der Waals surface area (Å²) in [6.07, 6.45) is 1.78. The third-order valence-corrected chi connectivity index (χ3v) is 3.84. The van der Waals surface area contributed by atoms with Gasteiger partial charge >= 0.3 is 0 Å². The maximum Gasteiger partial charge on any atom is 0.138 e. The molecule has 0 amide bonds. The van der Waals surface area contributed by atoms with Crippen LogP contribution in [0.15, 0.2) is 46.0 Å². The van der Waals surface area contributed by atoms with E-state index in [-0.39, 0.29) is 11.9 Å². The minimum Gasteiger partial charge on any atom is -0.490 e. The molecule has 3 aromatic rings. The zero-order chi connectivity index (χ0) is 18.0. The van der Waals surface area contributed by atoms with Crippen LogP contribution in [0.5, 0.6) is 5.75 Å². The monoisotopic (exact) mass is 340 g/mol. The molecular formula is C20H19FNO3. The van der Waals surface area contributed by atoms with Gasteiger partial charge < -0.3 is 14.4 Å². The highest BCUT2D eigenvalue weighted by molar-refractivity contribution is 5.95. The average molecular weight is 340 g/mol. The van der Waals surface area contributed by atoms with Gasteiger partial charge in [0.2, 0.25) is 0 Å². The molecule has 0 aliphatic heterocycles. The second kappa shape index (κ2) is 6.97. The van der Waals surface area contributed by atoms with Gasteiger partial charge in [0, 0.05) is 22.1 Å². The van der Waals surface area contributed by atoms with Crippen LogP contribution in [0.2, 0.25) is 0 Å². The summed E-state index contributed by atoms with van der Waals surface area (Å²) >= 11 is 0. The zero-order valence-electron chi connectivity index (χ0n) is 14.1. The van der Waals surface area contributed by atoms with E-state index in [1.54, 1.807) is 18.2 Å². The number of oxime groups is 1. The van der Waals surface area contributed by atoms with Gasteiger partial charge in [-0.25, -0.2) is 4.39 Å². The molecule has 2 aromatic carbocycles. The molecule has 25 heavy (non-hydrogen) atoms. The van der Waals surface area contributed by atoms with Crippen LogP contribution in [0, 0.1) is 12.7 Å². The molecule has 1 radical (unpaired) electrons. The van der Waals surface area contributed by atoms with Gasteiger partial charge in [-0.05, 0) is 63.6 Å². The molecule has 129 valence electrons. The molecule has 1 aromatic heterocycles. The first-order chi connectivity index (χ1) is 12.0. The Morgan fingerprint density at radius 3 is 2.60 bits per heavy atom. The van der Waals surface area contributed by atoms with Crippen molar-refractivity contribution in [1.82, 2.24) is 0 Å². The molecule has 3 rings (SSSR count). The summed E-state index contributed by atoms with van der Waals surface area (Å²) in [5.74, 6) is 0.949. The Hall–Kier alpha value is -2.82. The number of ether oxygens (including phenoxy) is 1. The average Bonchev–Trinajstić information content (AvgIpc) is 2.93. The molecule has 1 heterocycles. The van der Waals surface area contributed by atoms with Crippen molar-refractivity contribution in [1.29, 1.82) is 0 Å². The van der Waals surface area contributed by atoms with Crippen LogP contribution in [0.25, 0.3) is 22.3 Å². The molecule has 1 N–H and O–H groups in total. The van der Waals surface area contributed by atoms with Crippen LogP contribution in [0.4, 0.5) is 4.39 Å². The topological polar surface area (TPSA) is 55.0 Å². The third kappa shape index (κ3) is 3.36. The number of furan rings is 1. The molecular weight excluding hydrogens is 321 g/mol. The zero-order valence-corrected chi connectivity index (χ0v) is 14.1. The van der Waals surface area contributed by atoms with E-state index in [0.717, 1.165) is 16.5 Å². The molecule has 0 spiro atoms. The van der Waals surface area contributed by atoms with Gasteiger partial charge in [0.05, 0.1) is 12.3 Å². The van der Waals surface area contributed by atoms with Crippen LogP contribution < -0.4 is 4.74 Å². The molecule has 5 heteroatoms. The SMILES string of the molecule is [CH2]Cc1c(-c2ccc(F)cc2)oc2cc(C=NO)c(OC(C)C)cc12. The summed E-state index contributed by atoms with van der Waals surface area (Å²) in [6.45, 7) is 7.83. The van der Waals surface area contributed by atoms with E-state index in [4.69, 9.17) is 14.4 Å². The second-order valence-corrected chi connectivity index (χ2v) is 5.96. The van der Waals surface area contributed by atoms with Crippen molar-refractivity contribution in [3.05, 3.63) is 60.3 Å². The molecule has 0 aliphatic rings. The summed E-state index contributed by atoms with van der Waals surface area (Å²) in [6, 6.07) is 9.77. The van der Waals surface area contributed by atoms with Crippen molar-refractivity contribution in [2.75, 3.05) is 0 Å². The van der Waals surface area contributed by atoms with Crippen molar-refractivity contribution in [3.8, 4) is 17.1 Å². The van der Waals surface area contributed by atoms with Gasteiger partial charge in [-0.15, -0.1) is 0 Å². The van der Waals surface area contributed by atoms with E-state index < -0.39 is 0 Å². The molecule has 0 bridgehead atoms. The second-order valence-electron chi connectivity index (χ2n) is 5.96. The lowest BCUT2D eigenvalue weighted by molar-refractivity contribution is 0.242. The van der Waals surface area contributed by atoms with Crippen LogP contribution >= 0.6 is 0 Å². The standard InChI is InChI=1S/C20H19FNO3/c1-4-16-17-10-18(24-12(2)3)14(11-22-23)9-19(17)25-20(16)13-5-7-15(21)8-6-13/h5-12,23H,1,4H2,2-3H3. The predicted octanol–water partition coefficient (Wildman–Crippen LogP) is 5.21. The number of rotatable bonds is 5. The van der Waals surface area contributed by atoms with E-state index in [9.17, 15) is 4.39 Å². The fourth-order valence-corrected chi connectivity index (χ4v) is 2.79. The van der Waals surface area contributed by atoms with Crippen molar-refractivity contribution in [2.24, 2.45) is 5.16 Å². The van der Waals surface area contributed by atoms with Gasteiger partial charge in [0.15, 0.2) is 0 Å². The molecule has 4 nitrogen and oxygen atoms in total. The largest absolute Gasteiger partial charge is 0.490 e. The van der Waals surface area contributed by atoms with Crippen LogP contribution in [0.3, 0.4) is 0 Å². The van der Waals surface area contributed by atoms with E-state index in [2.05, 4.69) is 12.1 Å². The molecule has 0 saturated heterocycles. The Labute approximate surface area is 145 Å². The van der Waals surface area contributed by atoms with Gasteiger partial charge in [0.25, 0.3) is 0 Å². The summed E-state index contributed by atoms with van der Waals surface area (Å²) in [5.41, 5.74) is 2.94. The highest BCUT2D eigenvalue weighted by Crippen LogP contribution is 2.37. The van der Waals surface area contributed by atoms with E-state index in [0.29, 0.717) is 29.1 Å². The molecule has 0 fully saturated rings. The molecule has 0 saturated carbocycles. The number of benzene rings is 2. The summed E-state index contributed by atoms with van der Waals surface area (Å²) in [5, 5.41) is 12.9. The number of fused-ring (bicyclic) bond motifs is 1. The smallest absolute Gasteiger partial charge is 0.138 e. The fraction of sp³-hybridized carbons (Fsp3) is 0.200. The van der Waals surface area contributed by atoms with Crippen LogP contribution in [-0.2, 0) is 6.42 Å². The minimum atomic E-state index is -0.301.